The van der Waals surface area contributed by atoms with Gasteiger partial charge in [0.2, 0.25) is 5.91 Å². The summed E-state index contributed by atoms with van der Waals surface area (Å²) in [7, 11) is 0. The lowest BCUT2D eigenvalue weighted by molar-refractivity contribution is -0.132. The minimum atomic E-state index is 0.164. The van der Waals surface area contributed by atoms with Gasteiger partial charge >= 0.3 is 0 Å². The molecule has 0 aliphatic rings. The Morgan fingerprint density at radius 1 is 1.21 bits per heavy atom. The van der Waals surface area contributed by atoms with E-state index in [1.807, 2.05) is 4.90 Å². The van der Waals surface area contributed by atoms with Crippen LogP contribution in [0.5, 0.6) is 5.75 Å². The second kappa shape index (κ2) is 7.82. The first-order chi connectivity index (χ1) is 9.04. The topological polar surface area (TPSA) is 40.5 Å². The van der Waals surface area contributed by atoms with Crippen LogP contribution in [0.1, 0.15) is 45.6 Å². The van der Waals surface area contributed by atoms with Crippen LogP contribution in [0.15, 0.2) is 24.3 Å². The number of nitrogens with zero attached hydrogens (tertiary/aromatic N) is 1. The Morgan fingerprint density at radius 2 is 1.84 bits per heavy atom. The predicted molar refractivity (Wildman–Crippen MR) is 78.2 cm³/mol. The number of aromatic hydroxyl groups is 1. The van der Waals surface area contributed by atoms with Gasteiger partial charge in [-0.15, -0.1) is 0 Å². The zero-order valence-electron chi connectivity index (χ0n) is 12.2. The van der Waals surface area contributed by atoms with Crippen molar-refractivity contribution >= 4 is 5.91 Å². The molecule has 3 nitrogen and oxygen atoms in total. The van der Waals surface area contributed by atoms with Crippen molar-refractivity contribution < 1.29 is 9.90 Å². The van der Waals surface area contributed by atoms with E-state index in [0.717, 1.165) is 31.4 Å². The number of amides is 1. The van der Waals surface area contributed by atoms with E-state index in [-0.39, 0.29) is 17.7 Å². The third-order valence-electron chi connectivity index (χ3n) is 3.24. The summed E-state index contributed by atoms with van der Waals surface area (Å²) in [6.45, 7) is 7.11. The van der Waals surface area contributed by atoms with Gasteiger partial charge in [-0.25, -0.2) is 0 Å². The molecule has 0 saturated carbocycles. The fraction of sp³-hybridized carbons (Fsp3) is 0.562. The van der Waals surface area contributed by atoms with Crippen LogP contribution in [-0.2, 0) is 11.2 Å². The molecule has 3 heteroatoms. The van der Waals surface area contributed by atoms with Crippen molar-refractivity contribution in [3.05, 3.63) is 29.8 Å². The summed E-state index contributed by atoms with van der Waals surface area (Å²) in [4.78, 5) is 14.2. The smallest absolute Gasteiger partial charge is 0.227 e. The molecule has 1 amide bonds. The van der Waals surface area contributed by atoms with Gasteiger partial charge in [-0.2, -0.15) is 0 Å². The van der Waals surface area contributed by atoms with E-state index in [0.29, 0.717) is 6.42 Å². The minimum absolute atomic E-state index is 0.164. The van der Waals surface area contributed by atoms with Crippen LogP contribution < -0.4 is 0 Å². The summed E-state index contributed by atoms with van der Waals surface area (Å²) in [6, 6.07) is 7.09. The Hall–Kier alpha value is -1.51. The molecule has 0 atom stereocenters. The fourth-order valence-corrected chi connectivity index (χ4v) is 2.09. The van der Waals surface area contributed by atoms with Crippen molar-refractivity contribution in [2.24, 2.45) is 0 Å². The molecule has 0 heterocycles. The maximum absolute atomic E-state index is 12.3. The molecule has 0 fully saturated rings. The first-order valence-electron chi connectivity index (χ1n) is 7.12. The van der Waals surface area contributed by atoms with Gasteiger partial charge in [0.1, 0.15) is 5.75 Å². The van der Waals surface area contributed by atoms with Gasteiger partial charge < -0.3 is 10.0 Å². The molecule has 0 aliphatic heterocycles. The molecule has 1 aromatic carbocycles. The van der Waals surface area contributed by atoms with E-state index in [1.165, 1.54) is 0 Å². The highest BCUT2D eigenvalue weighted by Crippen LogP contribution is 2.12. The van der Waals surface area contributed by atoms with Crippen LogP contribution in [-0.4, -0.2) is 28.5 Å². The summed E-state index contributed by atoms with van der Waals surface area (Å²) in [5.41, 5.74) is 0.948. The number of rotatable bonds is 7. The molecular weight excluding hydrogens is 238 g/mol. The van der Waals surface area contributed by atoms with Gasteiger partial charge in [0, 0.05) is 12.6 Å². The molecule has 19 heavy (non-hydrogen) atoms. The summed E-state index contributed by atoms with van der Waals surface area (Å²) in [6.07, 6.45) is 3.80. The molecule has 0 radical (unpaired) electrons. The van der Waals surface area contributed by atoms with Gasteiger partial charge in [-0.05, 0) is 38.0 Å². The Morgan fingerprint density at radius 3 is 2.37 bits per heavy atom. The average molecular weight is 263 g/mol. The second-order valence-corrected chi connectivity index (χ2v) is 5.23. The van der Waals surface area contributed by atoms with Crippen molar-refractivity contribution in [1.82, 2.24) is 4.90 Å². The van der Waals surface area contributed by atoms with Crippen LogP contribution >= 0.6 is 0 Å². The molecule has 1 N–H and O–H groups in total. The molecule has 0 unspecified atom stereocenters. The van der Waals surface area contributed by atoms with E-state index in [1.54, 1.807) is 24.3 Å². The summed E-state index contributed by atoms with van der Waals surface area (Å²) >= 11 is 0. The SMILES string of the molecule is CCCCCN(C(=O)Cc1ccc(O)cc1)C(C)C. The maximum Gasteiger partial charge on any atom is 0.227 e. The molecule has 0 bridgehead atoms. The van der Waals surface area contributed by atoms with Crippen LogP contribution in [0.2, 0.25) is 0 Å². The zero-order chi connectivity index (χ0) is 14.3. The summed E-state index contributed by atoms with van der Waals surface area (Å²) < 4.78 is 0. The Balaban J connectivity index is 2.58. The fourth-order valence-electron chi connectivity index (χ4n) is 2.09. The van der Waals surface area contributed by atoms with Crippen LogP contribution in [0.4, 0.5) is 0 Å². The number of benzene rings is 1. The molecule has 0 saturated heterocycles. The molecule has 1 rings (SSSR count). The van der Waals surface area contributed by atoms with Crippen molar-refractivity contribution in [2.75, 3.05) is 6.54 Å². The highest BCUT2D eigenvalue weighted by molar-refractivity contribution is 5.79. The molecule has 0 aliphatic carbocycles. The summed E-state index contributed by atoms with van der Waals surface area (Å²) in [5, 5.41) is 9.24. The average Bonchev–Trinajstić information content (AvgIpc) is 2.37. The van der Waals surface area contributed by atoms with Crippen molar-refractivity contribution in [1.29, 1.82) is 0 Å². The number of carbonyl (C=O) groups is 1. The van der Waals surface area contributed by atoms with Crippen molar-refractivity contribution in [3.63, 3.8) is 0 Å². The van der Waals surface area contributed by atoms with E-state index in [4.69, 9.17) is 0 Å². The van der Waals surface area contributed by atoms with Crippen LogP contribution in [0, 0.1) is 0 Å². The third kappa shape index (κ3) is 5.33. The number of phenolic OH excluding ortho intramolecular Hbond substituents is 1. The maximum atomic E-state index is 12.3. The first-order valence-corrected chi connectivity index (χ1v) is 7.12. The molecule has 0 aromatic heterocycles. The Bertz CT molecular complexity index is 384. The van der Waals surface area contributed by atoms with Crippen LogP contribution in [0.3, 0.4) is 0 Å². The molecule has 106 valence electrons. The van der Waals surface area contributed by atoms with Crippen molar-refractivity contribution in [3.8, 4) is 5.75 Å². The molecule has 0 spiro atoms. The highest BCUT2D eigenvalue weighted by Gasteiger charge is 2.16. The van der Waals surface area contributed by atoms with Gasteiger partial charge in [0.05, 0.1) is 6.42 Å². The van der Waals surface area contributed by atoms with E-state index in [2.05, 4.69) is 20.8 Å². The first kappa shape index (κ1) is 15.5. The lowest BCUT2D eigenvalue weighted by Gasteiger charge is -2.27. The standard InChI is InChI=1S/C16H25NO2/c1-4-5-6-11-17(13(2)3)16(19)12-14-7-9-15(18)10-8-14/h7-10,13,18H,4-6,11-12H2,1-3H3. The van der Waals surface area contributed by atoms with E-state index >= 15 is 0 Å². The quantitative estimate of drug-likeness (QED) is 0.766. The summed E-state index contributed by atoms with van der Waals surface area (Å²) in [5.74, 6) is 0.400. The van der Waals surface area contributed by atoms with Gasteiger partial charge in [-0.3, -0.25) is 4.79 Å². The van der Waals surface area contributed by atoms with Crippen LogP contribution in [0.25, 0.3) is 0 Å². The van der Waals surface area contributed by atoms with Gasteiger partial charge in [-0.1, -0.05) is 31.9 Å². The van der Waals surface area contributed by atoms with Crippen molar-refractivity contribution in [2.45, 2.75) is 52.5 Å². The van der Waals surface area contributed by atoms with E-state index < -0.39 is 0 Å². The number of hydrogen-bond donors (Lipinski definition) is 1. The minimum Gasteiger partial charge on any atom is -0.508 e. The number of phenols is 1. The number of carbonyl (C=O) groups excluding carboxylic acids is 1. The second-order valence-electron chi connectivity index (χ2n) is 5.23. The Labute approximate surface area is 116 Å². The lowest BCUT2D eigenvalue weighted by atomic mass is 10.1. The molecular formula is C16H25NO2. The largest absolute Gasteiger partial charge is 0.508 e. The monoisotopic (exact) mass is 263 g/mol. The lowest BCUT2D eigenvalue weighted by Crippen LogP contribution is -2.38. The zero-order valence-corrected chi connectivity index (χ0v) is 12.2. The number of unbranched alkanes of at least 4 members (excludes halogenated alkanes) is 2. The highest BCUT2D eigenvalue weighted by atomic mass is 16.3. The van der Waals surface area contributed by atoms with Gasteiger partial charge in [0.15, 0.2) is 0 Å². The van der Waals surface area contributed by atoms with Gasteiger partial charge in [0.25, 0.3) is 0 Å². The Kier molecular flexibility index (Phi) is 6.40. The van der Waals surface area contributed by atoms with E-state index in [9.17, 15) is 9.90 Å². The normalized spacial score (nSPS) is 10.7. The molecule has 1 aromatic rings. The third-order valence-corrected chi connectivity index (χ3v) is 3.24. The predicted octanol–water partition coefficient (Wildman–Crippen LogP) is 3.36. The number of hydrogen-bond acceptors (Lipinski definition) is 2.